The quantitative estimate of drug-likeness (QED) is 0.675. The Morgan fingerprint density at radius 1 is 1.24 bits per heavy atom. The van der Waals surface area contributed by atoms with Crippen molar-refractivity contribution in [3.8, 4) is 0 Å². The minimum Gasteiger partial charge on any atom is -0.465 e. The number of hydrogen-bond acceptors (Lipinski definition) is 4. The Bertz CT molecular complexity index is 344. The number of likely N-dealkylation sites (tertiary alicyclic amines) is 1. The van der Waals surface area contributed by atoms with Crippen LogP contribution in [0.15, 0.2) is 0 Å². The van der Waals surface area contributed by atoms with Crippen LogP contribution in [0.2, 0.25) is 0 Å². The molecule has 1 unspecified atom stereocenters. The van der Waals surface area contributed by atoms with Crippen molar-refractivity contribution in [1.29, 1.82) is 0 Å². The summed E-state index contributed by atoms with van der Waals surface area (Å²) in [6.07, 6.45) is 4.40. The maximum atomic E-state index is 12.6. The molecule has 1 atom stereocenters. The number of ether oxygens (including phenoxy) is 1. The second-order valence-corrected chi connectivity index (χ2v) is 5.95. The normalized spacial score (nSPS) is 19.1. The lowest BCUT2D eigenvalue weighted by Crippen LogP contribution is -2.50. The van der Waals surface area contributed by atoms with Gasteiger partial charge in [-0.05, 0) is 46.5 Å². The Morgan fingerprint density at radius 3 is 2.52 bits per heavy atom. The first-order valence-electron chi connectivity index (χ1n) is 8.18. The number of rotatable bonds is 7. The zero-order chi connectivity index (χ0) is 15.8. The van der Waals surface area contributed by atoms with Gasteiger partial charge in [-0.25, -0.2) is 0 Å². The largest absolute Gasteiger partial charge is 0.465 e. The maximum absolute atomic E-state index is 12.6. The molecule has 5 heteroatoms. The van der Waals surface area contributed by atoms with Crippen molar-refractivity contribution in [1.82, 2.24) is 9.80 Å². The van der Waals surface area contributed by atoms with E-state index in [2.05, 4.69) is 6.92 Å². The molecule has 1 aliphatic heterocycles. The van der Waals surface area contributed by atoms with Gasteiger partial charge < -0.3 is 9.64 Å². The SMILES string of the molecule is CCOC(=O)CN(CC(=O)N1CCCCC1CC)C(C)C. The summed E-state index contributed by atoms with van der Waals surface area (Å²) < 4.78 is 4.99. The van der Waals surface area contributed by atoms with Crippen molar-refractivity contribution in [2.75, 3.05) is 26.2 Å². The van der Waals surface area contributed by atoms with Gasteiger partial charge in [0.2, 0.25) is 5.91 Å². The number of piperidine rings is 1. The van der Waals surface area contributed by atoms with Crippen LogP contribution in [-0.2, 0) is 14.3 Å². The van der Waals surface area contributed by atoms with Crippen LogP contribution in [0, 0.1) is 0 Å². The number of carbonyl (C=O) groups excluding carboxylic acids is 2. The Hall–Kier alpha value is -1.10. The van der Waals surface area contributed by atoms with Crippen LogP contribution < -0.4 is 0 Å². The zero-order valence-corrected chi connectivity index (χ0v) is 13.9. The van der Waals surface area contributed by atoms with Gasteiger partial charge in [0, 0.05) is 18.6 Å². The van der Waals surface area contributed by atoms with Gasteiger partial charge in [0.25, 0.3) is 0 Å². The van der Waals surface area contributed by atoms with E-state index in [4.69, 9.17) is 4.74 Å². The summed E-state index contributed by atoms with van der Waals surface area (Å²) in [5.74, 6) is -0.121. The fraction of sp³-hybridized carbons (Fsp3) is 0.875. The van der Waals surface area contributed by atoms with Gasteiger partial charge in [-0.3, -0.25) is 14.5 Å². The highest BCUT2D eigenvalue weighted by atomic mass is 16.5. The Balaban J connectivity index is 2.60. The fourth-order valence-corrected chi connectivity index (χ4v) is 2.81. The monoisotopic (exact) mass is 298 g/mol. The molecule has 1 fully saturated rings. The third-order valence-corrected chi connectivity index (χ3v) is 4.12. The van der Waals surface area contributed by atoms with Crippen LogP contribution in [0.5, 0.6) is 0 Å². The Morgan fingerprint density at radius 2 is 1.95 bits per heavy atom. The average Bonchev–Trinajstić information content (AvgIpc) is 2.46. The minimum absolute atomic E-state index is 0.138. The van der Waals surface area contributed by atoms with E-state index in [-0.39, 0.29) is 24.5 Å². The number of hydrogen-bond donors (Lipinski definition) is 0. The van der Waals surface area contributed by atoms with Gasteiger partial charge in [0.05, 0.1) is 19.7 Å². The van der Waals surface area contributed by atoms with Gasteiger partial charge >= 0.3 is 5.97 Å². The first-order chi connectivity index (χ1) is 9.99. The standard InChI is InChI=1S/C16H30N2O3/c1-5-14-9-7-8-10-18(14)15(19)11-17(13(3)4)12-16(20)21-6-2/h13-14H,5-12H2,1-4H3. The van der Waals surface area contributed by atoms with Crippen LogP contribution in [0.4, 0.5) is 0 Å². The van der Waals surface area contributed by atoms with E-state index in [1.807, 2.05) is 23.6 Å². The number of esters is 1. The molecule has 1 rings (SSSR count). The molecule has 5 nitrogen and oxygen atoms in total. The molecule has 0 radical (unpaired) electrons. The molecule has 1 aliphatic rings. The van der Waals surface area contributed by atoms with Crippen molar-refractivity contribution in [3.63, 3.8) is 0 Å². The third-order valence-electron chi connectivity index (χ3n) is 4.12. The van der Waals surface area contributed by atoms with Crippen LogP contribution in [0.3, 0.4) is 0 Å². The predicted molar refractivity (Wildman–Crippen MR) is 83.0 cm³/mol. The average molecular weight is 298 g/mol. The van der Waals surface area contributed by atoms with Gasteiger partial charge in [-0.2, -0.15) is 0 Å². The molecule has 0 saturated carbocycles. The van der Waals surface area contributed by atoms with Crippen molar-refractivity contribution in [3.05, 3.63) is 0 Å². The smallest absolute Gasteiger partial charge is 0.320 e. The second-order valence-electron chi connectivity index (χ2n) is 5.95. The highest BCUT2D eigenvalue weighted by Crippen LogP contribution is 2.19. The summed E-state index contributed by atoms with van der Waals surface area (Å²) >= 11 is 0. The molecule has 0 aromatic rings. The molecular formula is C16H30N2O3. The molecule has 0 aliphatic carbocycles. The molecule has 0 spiro atoms. The van der Waals surface area contributed by atoms with Crippen LogP contribution in [-0.4, -0.2) is 60.0 Å². The molecule has 1 saturated heterocycles. The number of carbonyl (C=O) groups is 2. The summed E-state index contributed by atoms with van der Waals surface area (Å²) in [6.45, 7) is 9.64. The van der Waals surface area contributed by atoms with Crippen LogP contribution in [0.1, 0.15) is 53.4 Å². The molecule has 0 aromatic heterocycles. The highest BCUT2D eigenvalue weighted by Gasteiger charge is 2.27. The first kappa shape index (κ1) is 18.0. The van der Waals surface area contributed by atoms with Crippen molar-refractivity contribution >= 4 is 11.9 Å². The lowest BCUT2D eigenvalue weighted by atomic mass is 10.00. The van der Waals surface area contributed by atoms with Crippen molar-refractivity contribution in [2.45, 2.75) is 65.5 Å². The van der Waals surface area contributed by atoms with E-state index in [0.29, 0.717) is 19.2 Å². The lowest BCUT2D eigenvalue weighted by Gasteiger charge is -2.37. The van der Waals surface area contributed by atoms with E-state index >= 15 is 0 Å². The molecule has 0 bridgehead atoms. The van der Waals surface area contributed by atoms with Crippen LogP contribution in [0.25, 0.3) is 0 Å². The highest BCUT2D eigenvalue weighted by molar-refractivity contribution is 5.80. The molecule has 1 heterocycles. The fourth-order valence-electron chi connectivity index (χ4n) is 2.81. The number of nitrogens with zero attached hydrogens (tertiary/aromatic N) is 2. The summed E-state index contributed by atoms with van der Waals surface area (Å²) in [5.41, 5.74) is 0. The molecule has 1 amide bonds. The molecule has 21 heavy (non-hydrogen) atoms. The molecule has 122 valence electrons. The summed E-state index contributed by atoms with van der Waals surface area (Å²) in [4.78, 5) is 28.1. The minimum atomic E-state index is -0.260. The second kappa shape index (κ2) is 9.03. The Kier molecular flexibility index (Phi) is 7.72. The Labute approximate surface area is 128 Å². The van der Waals surface area contributed by atoms with Gasteiger partial charge in [0.15, 0.2) is 0 Å². The number of amides is 1. The zero-order valence-electron chi connectivity index (χ0n) is 13.9. The topological polar surface area (TPSA) is 49.9 Å². The third kappa shape index (κ3) is 5.65. The van der Waals surface area contributed by atoms with E-state index < -0.39 is 0 Å². The van der Waals surface area contributed by atoms with Crippen molar-refractivity contribution < 1.29 is 14.3 Å². The molecular weight excluding hydrogens is 268 g/mol. The van der Waals surface area contributed by atoms with Crippen LogP contribution >= 0.6 is 0 Å². The van der Waals surface area contributed by atoms with E-state index in [1.165, 1.54) is 6.42 Å². The van der Waals surface area contributed by atoms with Crippen molar-refractivity contribution in [2.24, 2.45) is 0 Å². The van der Waals surface area contributed by atoms with Gasteiger partial charge in [-0.15, -0.1) is 0 Å². The maximum Gasteiger partial charge on any atom is 0.320 e. The first-order valence-corrected chi connectivity index (χ1v) is 8.18. The van der Waals surface area contributed by atoms with E-state index in [1.54, 1.807) is 6.92 Å². The summed E-state index contributed by atoms with van der Waals surface area (Å²) in [6, 6.07) is 0.506. The van der Waals surface area contributed by atoms with Gasteiger partial charge in [0.1, 0.15) is 0 Å². The lowest BCUT2D eigenvalue weighted by molar-refractivity contribution is -0.146. The van der Waals surface area contributed by atoms with Gasteiger partial charge in [-0.1, -0.05) is 6.92 Å². The van der Waals surface area contributed by atoms with E-state index in [0.717, 1.165) is 25.8 Å². The molecule has 0 N–H and O–H groups in total. The molecule has 0 aromatic carbocycles. The predicted octanol–water partition coefficient (Wildman–Crippen LogP) is 2.05. The summed E-state index contributed by atoms with van der Waals surface area (Å²) in [5, 5.41) is 0. The summed E-state index contributed by atoms with van der Waals surface area (Å²) in [7, 11) is 0. The van der Waals surface area contributed by atoms with E-state index in [9.17, 15) is 9.59 Å².